The van der Waals surface area contributed by atoms with Crippen molar-refractivity contribution in [3.05, 3.63) is 18.7 Å². The molecule has 1 aromatic heterocycles. The lowest BCUT2D eigenvalue weighted by Crippen LogP contribution is -2.08. The average molecular weight is 142 g/mol. The van der Waals surface area contributed by atoms with Gasteiger partial charge in [0, 0.05) is 12.4 Å². The molecule has 0 aliphatic carbocycles. The fraction of sp³-hybridized carbons (Fsp3) is 0.200. The van der Waals surface area contributed by atoms with Gasteiger partial charge in [-0.05, 0) is 0 Å². The molecule has 4 heteroatoms. The molecule has 0 saturated carbocycles. The minimum absolute atomic E-state index is 0.0594. The second kappa shape index (κ2) is 2.68. The third-order valence-electron chi connectivity index (χ3n) is 0.928. The second-order valence-corrected chi connectivity index (χ2v) is 1.84. The van der Waals surface area contributed by atoms with Crippen LogP contribution in [0.15, 0.2) is 18.7 Å². The highest BCUT2D eigenvalue weighted by Gasteiger charge is 1.97. The van der Waals surface area contributed by atoms with Gasteiger partial charge in [0.2, 0.25) is 5.91 Å². The molecular weight excluding hydrogens is 136 g/mol. The van der Waals surface area contributed by atoms with Crippen LogP contribution < -0.4 is 0 Å². The second-order valence-electron chi connectivity index (χ2n) is 1.52. The van der Waals surface area contributed by atoms with Crippen molar-refractivity contribution in [1.29, 1.82) is 0 Å². The highest BCUT2D eigenvalue weighted by molar-refractivity contribution is 7.81. The molecule has 0 atom stereocenters. The minimum atomic E-state index is -0.0594. The molecule has 48 valence electrons. The first-order valence-corrected chi connectivity index (χ1v) is 3.10. The summed E-state index contributed by atoms with van der Waals surface area (Å²) in [6.45, 7) is 0. The van der Waals surface area contributed by atoms with Crippen molar-refractivity contribution < 1.29 is 4.79 Å². The molecule has 9 heavy (non-hydrogen) atoms. The van der Waals surface area contributed by atoms with Crippen molar-refractivity contribution in [1.82, 2.24) is 9.55 Å². The predicted octanol–water partition coefficient (Wildman–Crippen LogP) is 0.453. The first-order valence-electron chi connectivity index (χ1n) is 2.46. The summed E-state index contributed by atoms with van der Waals surface area (Å²) in [5.41, 5.74) is 0. The fourth-order valence-electron chi connectivity index (χ4n) is 0.488. The maximum Gasteiger partial charge on any atom is 0.241 e. The molecule has 0 aliphatic rings. The normalized spacial score (nSPS) is 9.44. The molecule has 1 heterocycles. The van der Waals surface area contributed by atoms with Gasteiger partial charge in [0.25, 0.3) is 0 Å². The van der Waals surface area contributed by atoms with Gasteiger partial charge in [-0.2, -0.15) is 12.6 Å². The number of hydrogen-bond acceptors (Lipinski definition) is 3. The van der Waals surface area contributed by atoms with Crippen LogP contribution in [-0.4, -0.2) is 21.2 Å². The van der Waals surface area contributed by atoms with Gasteiger partial charge in [0.15, 0.2) is 0 Å². The van der Waals surface area contributed by atoms with Gasteiger partial charge in [-0.3, -0.25) is 9.36 Å². The standard InChI is InChI=1S/C5H6N2OS/c8-5(3-9)7-2-1-6-4-7/h1-2,4,9H,3H2. The molecule has 0 bridgehead atoms. The highest BCUT2D eigenvalue weighted by atomic mass is 32.1. The molecule has 3 nitrogen and oxygen atoms in total. The SMILES string of the molecule is O=C(CS)n1ccnc1. The Morgan fingerprint density at radius 3 is 3.00 bits per heavy atom. The Morgan fingerprint density at radius 2 is 2.56 bits per heavy atom. The minimum Gasteiger partial charge on any atom is -0.276 e. The number of carbonyl (C=O) groups is 1. The third-order valence-corrected chi connectivity index (χ3v) is 1.20. The van der Waals surface area contributed by atoms with Gasteiger partial charge in [-0.1, -0.05) is 0 Å². The number of nitrogens with zero attached hydrogens (tertiary/aromatic N) is 2. The largest absolute Gasteiger partial charge is 0.276 e. The van der Waals surface area contributed by atoms with Crippen molar-refractivity contribution in [3.63, 3.8) is 0 Å². The van der Waals surface area contributed by atoms with Crippen LogP contribution in [0.1, 0.15) is 4.79 Å². The van der Waals surface area contributed by atoms with E-state index >= 15 is 0 Å². The summed E-state index contributed by atoms with van der Waals surface area (Å²) in [7, 11) is 0. The van der Waals surface area contributed by atoms with Crippen LogP contribution in [0.25, 0.3) is 0 Å². The van der Waals surface area contributed by atoms with E-state index in [1.807, 2.05) is 0 Å². The van der Waals surface area contributed by atoms with E-state index in [4.69, 9.17) is 0 Å². The van der Waals surface area contributed by atoms with Crippen molar-refractivity contribution in [2.45, 2.75) is 0 Å². The Morgan fingerprint density at radius 1 is 1.78 bits per heavy atom. The molecule has 0 radical (unpaired) electrons. The maximum atomic E-state index is 10.7. The van der Waals surface area contributed by atoms with Gasteiger partial charge in [0.05, 0.1) is 5.75 Å². The summed E-state index contributed by atoms with van der Waals surface area (Å²) in [6.07, 6.45) is 4.61. The van der Waals surface area contributed by atoms with E-state index in [0.717, 1.165) is 0 Å². The van der Waals surface area contributed by atoms with Crippen LogP contribution >= 0.6 is 12.6 Å². The summed E-state index contributed by atoms with van der Waals surface area (Å²) in [5.74, 6) is 0.159. The molecule has 0 saturated heterocycles. The van der Waals surface area contributed by atoms with Crippen molar-refractivity contribution in [2.24, 2.45) is 0 Å². The summed E-state index contributed by atoms with van der Waals surface area (Å²) in [6, 6.07) is 0. The summed E-state index contributed by atoms with van der Waals surface area (Å²) in [5, 5.41) is 0. The smallest absolute Gasteiger partial charge is 0.241 e. The quantitative estimate of drug-likeness (QED) is 0.578. The Hall–Kier alpha value is -0.770. The number of aromatic nitrogens is 2. The zero-order valence-electron chi connectivity index (χ0n) is 4.69. The molecule has 0 unspecified atom stereocenters. The molecule has 0 aliphatic heterocycles. The van der Waals surface area contributed by atoms with Gasteiger partial charge < -0.3 is 0 Å². The fourth-order valence-corrected chi connectivity index (χ4v) is 0.652. The van der Waals surface area contributed by atoms with E-state index < -0.39 is 0 Å². The lowest BCUT2D eigenvalue weighted by Gasteiger charge is -1.92. The van der Waals surface area contributed by atoms with Crippen LogP contribution in [0, 0.1) is 0 Å². The van der Waals surface area contributed by atoms with Crippen molar-refractivity contribution in [2.75, 3.05) is 5.75 Å². The zero-order valence-corrected chi connectivity index (χ0v) is 5.58. The number of carbonyl (C=O) groups excluding carboxylic acids is 1. The number of imidazole rings is 1. The molecule has 0 aromatic carbocycles. The molecule has 1 rings (SSSR count). The number of rotatable bonds is 1. The Kier molecular flexibility index (Phi) is 1.89. The number of thiol groups is 1. The topological polar surface area (TPSA) is 34.9 Å². The monoisotopic (exact) mass is 142 g/mol. The zero-order chi connectivity index (χ0) is 6.69. The van der Waals surface area contributed by atoms with Gasteiger partial charge in [-0.15, -0.1) is 0 Å². The third kappa shape index (κ3) is 1.32. The van der Waals surface area contributed by atoms with E-state index in [2.05, 4.69) is 17.6 Å². The Labute approximate surface area is 58.1 Å². The van der Waals surface area contributed by atoms with Gasteiger partial charge in [-0.25, -0.2) is 4.98 Å². The lowest BCUT2D eigenvalue weighted by atomic mass is 10.7. The maximum absolute atomic E-state index is 10.7. The van der Waals surface area contributed by atoms with E-state index in [1.165, 1.54) is 10.9 Å². The van der Waals surface area contributed by atoms with Crippen molar-refractivity contribution >= 4 is 18.5 Å². The molecule has 1 aromatic rings. The summed E-state index contributed by atoms with van der Waals surface area (Å²) < 4.78 is 1.40. The first-order chi connectivity index (χ1) is 4.34. The molecule has 0 spiro atoms. The molecule has 0 amide bonds. The molecule has 0 fully saturated rings. The van der Waals surface area contributed by atoms with Gasteiger partial charge in [0.1, 0.15) is 6.33 Å². The lowest BCUT2D eigenvalue weighted by molar-refractivity contribution is 0.0942. The van der Waals surface area contributed by atoms with E-state index in [-0.39, 0.29) is 11.7 Å². The summed E-state index contributed by atoms with van der Waals surface area (Å²) in [4.78, 5) is 14.4. The first kappa shape index (κ1) is 6.35. The van der Waals surface area contributed by atoms with Crippen LogP contribution in [0.2, 0.25) is 0 Å². The Bertz CT molecular complexity index is 195. The van der Waals surface area contributed by atoms with E-state index in [9.17, 15) is 4.79 Å². The number of hydrogen-bond donors (Lipinski definition) is 1. The highest BCUT2D eigenvalue weighted by Crippen LogP contribution is 1.86. The van der Waals surface area contributed by atoms with Crippen LogP contribution in [0.3, 0.4) is 0 Å². The van der Waals surface area contributed by atoms with Crippen LogP contribution in [0.4, 0.5) is 0 Å². The van der Waals surface area contributed by atoms with E-state index in [1.54, 1.807) is 12.4 Å². The van der Waals surface area contributed by atoms with Crippen molar-refractivity contribution in [3.8, 4) is 0 Å². The van der Waals surface area contributed by atoms with Gasteiger partial charge >= 0.3 is 0 Å². The predicted molar refractivity (Wildman–Crippen MR) is 36.7 cm³/mol. The molecule has 0 N–H and O–H groups in total. The van der Waals surface area contributed by atoms with Crippen LogP contribution in [0.5, 0.6) is 0 Å². The summed E-state index contributed by atoms with van der Waals surface area (Å²) >= 11 is 3.80. The molecular formula is C5H6N2OS. The Balaban J connectivity index is 2.77. The average Bonchev–Trinajstić information content (AvgIpc) is 2.37. The van der Waals surface area contributed by atoms with Crippen LogP contribution in [-0.2, 0) is 0 Å². The van der Waals surface area contributed by atoms with E-state index in [0.29, 0.717) is 0 Å².